The number of hydrogen-bond acceptors (Lipinski definition) is 6. The molecular formula is C23H21N3O4S2. The molecule has 7 nitrogen and oxygen atoms in total. The number of rotatable bonds is 8. The average molecular weight is 468 g/mol. The molecule has 0 bridgehead atoms. The van der Waals surface area contributed by atoms with Crippen LogP contribution in [-0.4, -0.2) is 32.5 Å². The smallest absolute Gasteiger partial charge is 0.269 e. The van der Waals surface area contributed by atoms with Gasteiger partial charge in [0, 0.05) is 30.8 Å². The summed E-state index contributed by atoms with van der Waals surface area (Å²) >= 11 is 6.60. The van der Waals surface area contributed by atoms with Crippen molar-refractivity contribution in [2.24, 2.45) is 0 Å². The predicted octanol–water partition coefficient (Wildman–Crippen LogP) is 5.16. The second-order valence-corrected chi connectivity index (χ2v) is 8.76. The molecular weight excluding hydrogens is 446 g/mol. The molecule has 1 N–H and O–H groups in total. The van der Waals surface area contributed by atoms with Gasteiger partial charge in [-0.1, -0.05) is 60.4 Å². The summed E-state index contributed by atoms with van der Waals surface area (Å²) in [7, 11) is 0. The summed E-state index contributed by atoms with van der Waals surface area (Å²) in [5.74, 6) is -0.391. The van der Waals surface area contributed by atoms with Crippen LogP contribution in [0.5, 0.6) is 0 Å². The maximum absolute atomic E-state index is 12.7. The van der Waals surface area contributed by atoms with Crippen LogP contribution in [-0.2, 0) is 9.59 Å². The molecule has 1 saturated heterocycles. The molecule has 0 atom stereocenters. The lowest BCUT2D eigenvalue weighted by Crippen LogP contribution is -2.29. The fourth-order valence-electron chi connectivity index (χ4n) is 3.04. The summed E-state index contributed by atoms with van der Waals surface area (Å²) in [6.07, 6.45) is 4.46. The predicted molar refractivity (Wildman–Crippen MR) is 131 cm³/mol. The summed E-state index contributed by atoms with van der Waals surface area (Å²) in [4.78, 5) is 37.1. The minimum Gasteiger partial charge on any atom is -0.326 e. The monoisotopic (exact) mass is 467 g/mol. The second-order valence-electron chi connectivity index (χ2n) is 7.09. The Kier molecular flexibility index (Phi) is 7.91. The molecule has 2 aromatic rings. The zero-order chi connectivity index (χ0) is 23.1. The van der Waals surface area contributed by atoms with Crippen molar-refractivity contribution in [3.05, 3.63) is 86.8 Å². The summed E-state index contributed by atoms with van der Waals surface area (Å²) in [6, 6.07) is 15.5. The fraction of sp³-hybridized carbons (Fsp3) is 0.174. The zero-order valence-electron chi connectivity index (χ0n) is 17.3. The van der Waals surface area contributed by atoms with E-state index >= 15 is 0 Å². The number of carbonyl (C=O) groups is 2. The third kappa shape index (κ3) is 6.35. The molecule has 0 saturated carbocycles. The van der Waals surface area contributed by atoms with Crippen molar-refractivity contribution in [2.75, 3.05) is 11.9 Å². The van der Waals surface area contributed by atoms with Crippen LogP contribution in [0.15, 0.2) is 71.2 Å². The highest BCUT2D eigenvalue weighted by atomic mass is 32.2. The molecule has 2 aromatic carbocycles. The number of thiocarbonyl (C=S) groups is 1. The van der Waals surface area contributed by atoms with Crippen LogP contribution in [0.3, 0.4) is 0 Å². The van der Waals surface area contributed by atoms with E-state index in [1.165, 1.54) is 40.9 Å². The van der Waals surface area contributed by atoms with E-state index in [-0.39, 0.29) is 23.9 Å². The van der Waals surface area contributed by atoms with E-state index in [2.05, 4.69) is 5.32 Å². The van der Waals surface area contributed by atoms with Gasteiger partial charge in [-0.2, -0.15) is 0 Å². The first-order chi connectivity index (χ1) is 15.3. The number of nitro benzene ring substituents is 1. The number of nitrogens with one attached hydrogen (secondary N) is 1. The van der Waals surface area contributed by atoms with Crippen LogP contribution in [0.2, 0.25) is 0 Å². The van der Waals surface area contributed by atoms with Crippen LogP contribution in [0.25, 0.3) is 6.08 Å². The molecule has 0 spiro atoms. The van der Waals surface area contributed by atoms with Crippen molar-refractivity contribution in [3.8, 4) is 0 Å². The number of carbonyl (C=O) groups excluding carboxylic acids is 2. The first kappa shape index (κ1) is 23.4. The number of anilines is 1. The number of nitrogens with zero attached hydrogens (tertiary/aromatic N) is 2. The molecule has 0 aliphatic carbocycles. The second kappa shape index (κ2) is 10.8. The SMILES string of the molecule is CC(=Cc1ccccc1)C=C1SC(=S)N(CCCC(=O)Nc2ccc([N+](=O)[O-])cc2)C1=O. The molecule has 0 aromatic heterocycles. The van der Waals surface area contributed by atoms with Gasteiger partial charge in [0.25, 0.3) is 11.6 Å². The molecule has 1 aliphatic rings. The van der Waals surface area contributed by atoms with Gasteiger partial charge in [0.1, 0.15) is 4.32 Å². The number of hydrogen-bond donors (Lipinski definition) is 1. The van der Waals surface area contributed by atoms with Gasteiger partial charge in [-0.15, -0.1) is 0 Å². The van der Waals surface area contributed by atoms with Gasteiger partial charge >= 0.3 is 0 Å². The topological polar surface area (TPSA) is 92.6 Å². The summed E-state index contributed by atoms with van der Waals surface area (Å²) < 4.78 is 0.476. The molecule has 32 heavy (non-hydrogen) atoms. The Hall–Kier alpha value is -3.30. The fourth-order valence-corrected chi connectivity index (χ4v) is 4.40. The highest BCUT2D eigenvalue weighted by Crippen LogP contribution is 2.32. The van der Waals surface area contributed by atoms with Crippen LogP contribution < -0.4 is 5.32 Å². The van der Waals surface area contributed by atoms with Gasteiger partial charge < -0.3 is 5.32 Å². The lowest BCUT2D eigenvalue weighted by molar-refractivity contribution is -0.384. The van der Waals surface area contributed by atoms with Gasteiger partial charge in [0.2, 0.25) is 5.91 Å². The van der Waals surface area contributed by atoms with E-state index in [9.17, 15) is 19.7 Å². The molecule has 0 unspecified atom stereocenters. The molecule has 1 fully saturated rings. The minimum atomic E-state index is -0.499. The Labute approximate surface area is 195 Å². The molecule has 2 amide bonds. The number of non-ortho nitro benzene ring substituents is 1. The molecule has 3 rings (SSSR count). The first-order valence-corrected chi connectivity index (χ1v) is 11.1. The Morgan fingerprint density at radius 3 is 2.53 bits per heavy atom. The molecule has 9 heteroatoms. The average Bonchev–Trinajstić information content (AvgIpc) is 3.02. The minimum absolute atomic E-state index is 0.0423. The third-order valence-electron chi connectivity index (χ3n) is 4.57. The van der Waals surface area contributed by atoms with Crippen molar-refractivity contribution in [1.82, 2.24) is 4.90 Å². The van der Waals surface area contributed by atoms with E-state index in [1.54, 1.807) is 0 Å². The summed E-state index contributed by atoms with van der Waals surface area (Å²) in [6.45, 7) is 2.28. The van der Waals surface area contributed by atoms with Crippen LogP contribution in [0.1, 0.15) is 25.3 Å². The van der Waals surface area contributed by atoms with Crippen LogP contribution >= 0.6 is 24.0 Å². The normalized spacial score (nSPS) is 15.3. The van der Waals surface area contributed by atoms with Gasteiger partial charge in [-0.25, -0.2) is 0 Å². The highest BCUT2D eigenvalue weighted by molar-refractivity contribution is 8.26. The van der Waals surface area contributed by atoms with E-state index in [0.717, 1.165) is 11.1 Å². The third-order valence-corrected chi connectivity index (χ3v) is 5.95. The standard InChI is InChI=1S/C23H21N3O4S2/c1-16(14-17-6-3-2-4-7-17)15-20-22(28)25(23(31)32-20)13-5-8-21(27)24-18-9-11-19(12-10-18)26(29)30/h2-4,6-7,9-12,14-15H,5,8,13H2,1H3,(H,24,27). The largest absolute Gasteiger partial charge is 0.326 e. The summed E-state index contributed by atoms with van der Waals surface area (Å²) in [5, 5.41) is 13.4. The van der Waals surface area contributed by atoms with E-state index in [1.807, 2.05) is 49.4 Å². The van der Waals surface area contributed by atoms with Gasteiger partial charge in [0.05, 0.1) is 9.83 Å². The number of amides is 2. The lowest BCUT2D eigenvalue weighted by atomic mass is 10.1. The maximum atomic E-state index is 12.7. The quantitative estimate of drug-likeness (QED) is 0.249. The van der Waals surface area contributed by atoms with Crippen LogP contribution in [0.4, 0.5) is 11.4 Å². The molecule has 164 valence electrons. The maximum Gasteiger partial charge on any atom is 0.269 e. The zero-order valence-corrected chi connectivity index (χ0v) is 18.9. The van der Waals surface area contributed by atoms with E-state index < -0.39 is 4.92 Å². The molecule has 0 radical (unpaired) electrons. The Morgan fingerprint density at radius 1 is 1.19 bits per heavy atom. The number of allylic oxidation sites excluding steroid dienone is 2. The highest BCUT2D eigenvalue weighted by Gasteiger charge is 2.31. The Balaban J connectivity index is 1.51. The number of thioether (sulfide) groups is 1. The van der Waals surface area contributed by atoms with Crippen molar-refractivity contribution < 1.29 is 14.5 Å². The Bertz CT molecular complexity index is 1100. The van der Waals surface area contributed by atoms with E-state index in [0.29, 0.717) is 27.9 Å². The lowest BCUT2D eigenvalue weighted by Gasteiger charge is -2.14. The van der Waals surface area contributed by atoms with Crippen molar-refractivity contribution in [1.29, 1.82) is 0 Å². The molecule has 1 aliphatic heterocycles. The van der Waals surface area contributed by atoms with Crippen molar-refractivity contribution >= 4 is 57.6 Å². The molecule has 1 heterocycles. The summed E-state index contributed by atoms with van der Waals surface area (Å²) in [5.41, 5.74) is 2.43. The number of benzene rings is 2. The van der Waals surface area contributed by atoms with Crippen molar-refractivity contribution in [3.63, 3.8) is 0 Å². The van der Waals surface area contributed by atoms with E-state index in [4.69, 9.17) is 12.2 Å². The van der Waals surface area contributed by atoms with Crippen LogP contribution in [0, 0.1) is 10.1 Å². The Morgan fingerprint density at radius 2 is 1.88 bits per heavy atom. The first-order valence-electron chi connectivity index (χ1n) is 9.86. The number of nitro groups is 1. The van der Waals surface area contributed by atoms with Crippen molar-refractivity contribution in [2.45, 2.75) is 19.8 Å². The van der Waals surface area contributed by atoms with Gasteiger partial charge in [0.15, 0.2) is 0 Å². The van der Waals surface area contributed by atoms with Gasteiger partial charge in [-0.3, -0.25) is 24.6 Å². The van der Waals surface area contributed by atoms with Gasteiger partial charge in [-0.05, 0) is 42.7 Å².